The van der Waals surface area contributed by atoms with Crippen LogP contribution in [0.25, 0.3) is 0 Å². The third-order valence-corrected chi connectivity index (χ3v) is 6.01. The van der Waals surface area contributed by atoms with Crippen LogP contribution in [0.5, 0.6) is 0 Å². The highest BCUT2D eigenvalue weighted by Gasteiger charge is 2.63. The molecule has 2 aliphatic rings. The van der Waals surface area contributed by atoms with Crippen LogP contribution in [0.1, 0.15) is 61.8 Å². The van der Waals surface area contributed by atoms with Crippen molar-refractivity contribution in [3.05, 3.63) is 70.8 Å². The van der Waals surface area contributed by atoms with E-state index in [0.717, 1.165) is 0 Å². The summed E-state index contributed by atoms with van der Waals surface area (Å²) in [6, 6.07) is 18.3. The van der Waals surface area contributed by atoms with Crippen molar-refractivity contribution in [2.75, 3.05) is 7.05 Å². The molecule has 4 rings (SSSR count). The fraction of sp³-hybridized carbons (Fsp3) is 0.429. The average molecular weight is 291 g/mol. The van der Waals surface area contributed by atoms with Crippen molar-refractivity contribution in [1.29, 1.82) is 0 Å². The lowest BCUT2D eigenvalue weighted by Gasteiger charge is -2.37. The molecule has 0 aromatic heterocycles. The summed E-state index contributed by atoms with van der Waals surface area (Å²) in [7, 11) is 2.35. The lowest BCUT2D eigenvalue weighted by Crippen LogP contribution is -2.42. The summed E-state index contributed by atoms with van der Waals surface area (Å²) in [5, 5.41) is 0. The van der Waals surface area contributed by atoms with E-state index in [-0.39, 0.29) is 11.1 Å². The van der Waals surface area contributed by atoms with Crippen molar-refractivity contribution >= 4 is 0 Å². The van der Waals surface area contributed by atoms with Gasteiger partial charge in [0, 0.05) is 0 Å². The quantitative estimate of drug-likeness (QED) is 0.763. The molecule has 2 heterocycles. The van der Waals surface area contributed by atoms with Gasteiger partial charge in [0.1, 0.15) is 0 Å². The maximum atomic E-state index is 2.70. The Morgan fingerprint density at radius 1 is 0.682 bits per heavy atom. The highest BCUT2D eigenvalue weighted by molar-refractivity contribution is 5.65. The van der Waals surface area contributed by atoms with Crippen LogP contribution in [0.4, 0.5) is 0 Å². The Morgan fingerprint density at radius 2 is 1.00 bits per heavy atom. The molecular weight excluding hydrogens is 266 g/mol. The third kappa shape index (κ3) is 1.34. The molecule has 22 heavy (non-hydrogen) atoms. The average Bonchev–Trinajstić information content (AvgIpc) is 2.89. The highest BCUT2D eigenvalue weighted by atomic mass is 15.3. The molecular formula is C21H25N. The molecule has 0 unspecified atom stereocenters. The summed E-state index contributed by atoms with van der Waals surface area (Å²) in [6.07, 6.45) is 4.80. The first-order valence-corrected chi connectivity index (χ1v) is 8.67. The minimum atomic E-state index is 0.0805. The summed E-state index contributed by atoms with van der Waals surface area (Å²) < 4.78 is 0. The van der Waals surface area contributed by atoms with Gasteiger partial charge in [0.15, 0.2) is 0 Å². The van der Waals surface area contributed by atoms with E-state index in [1.807, 2.05) is 0 Å². The smallest absolute Gasteiger partial charge is 0.0729 e. The molecule has 0 aliphatic carbocycles. The molecule has 114 valence electrons. The van der Waals surface area contributed by atoms with Crippen LogP contribution >= 0.6 is 0 Å². The maximum absolute atomic E-state index is 2.70. The predicted molar refractivity (Wildman–Crippen MR) is 92.0 cm³/mol. The highest BCUT2D eigenvalue weighted by Crippen LogP contribution is 2.65. The predicted octanol–water partition coefficient (Wildman–Crippen LogP) is 5.03. The van der Waals surface area contributed by atoms with Crippen molar-refractivity contribution in [3.8, 4) is 0 Å². The summed E-state index contributed by atoms with van der Waals surface area (Å²) in [4.78, 5) is 2.70. The molecule has 2 aromatic rings. The normalized spacial score (nSPS) is 28.7. The van der Waals surface area contributed by atoms with Gasteiger partial charge in [-0.25, -0.2) is 0 Å². The van der Waals surface area contributed by atoms with Crippen LogP contribution < -0.4 is 0 Å². The molecule has 2 aliphatic heterocycles. The Hall–Kier alpha value is -1.60. The first-order valence-electron chi connectivity index (χ1n) is 8.67. The van der Waals surface area contributed by atoms with E-state index in [1.54, 1.807) is 22.3 Å². The van der Waals surface area contributed by atoms with Gasteiger partial charge < -0.3 is 0 Å². The Morgan fingerprint density at radius 3 is 1.27 bits per heavy atom. The van der Waals surface area contributed by atoms with E-state index >= 15 is 0 Å². The second-order valence-corrected chi connectivity index (χ2v) is 6.87. The van der Waals surface area contributed by atoms with Gasteiger partial charge in [0.25, 0.3) is 0 Å². The van der Waals surface area contributed by atoms with Crippen molar-refractivity contribution < 1.29 is 0 Å². The minimum absolute atomic E-state index is 0.0805. The molecule has 0 spiro atoms. The van der Waals surface area contributed by atoms with Crippen LogP contribution in [-0.4, -0.2) is 11.9 Å². The van der Waals surface area contributed by atoms with Crippen molar-refractivity contribution in [3.63, 3.8) is 0 Å². The number of rotatable bonds is 4. The van der Waals surface area contributed by atoms with Gasteiger partial charge >= 0.3 is 0 Å². The second kappa shape index (κ2) is 4.70. The molecule has 2 aromatic carbocycles. The van der Waals surface area contributed by atoms with E-state index in [9.17, 15) is 0 Å². The van der Waals surface area contributed by atoms with Gasteiger partial charge in [-0.15, -0.1) is 0 Å². The van der Waals surface area contributed by atoms with E-state index in [0.29, 0.717) is 0 Å². The zero-order valence-electron chi connectivity index (χ0n) is 13.9. The summed E-state index contributed by atoms with van der Waals surface area (Å²) in [5.74, 6) is 0. The lowest BCUT2D eigenvalue weighted by atomic mass is 9.70. The summed E-state index contributed by atoms with van der Waals surface area (Å²) >= 11 is 0. The monoisotopic (exact) mass is 291 g/mol. The molecule has 0 saturated heterocycles. The van der Waals surface area contributed by atoms with Crippen LogP contribution in [0.15, 0.2) is 48.5 Å². The Kier molecular flexibility index (Phi) is 2.99. The number of hydrogen-bond donors (Lipinski definition) is 0. The largest absolute Gasteiger partial charge is 0.279 e. The first kappa shape index (κ1) is 14.0. The van der Waals surface area contributed by atoms with E-state index in [1.165, 1.54) is 25.7 Å². The number of nitrogens with zero attached hydrogens (tertiary/aromatic N) is 1. The zero-order valence-corrected chi connectivity index (χ0v) is 13.9. The molecule has 2 bridgehead atoms. The van der Waals surface area contributed by atoms with E-state index in [2.05, 4.69) is 74.3 Å². The standard InChI is InChI=1S/C21H25N/c1-4-14-20-16-10-6-8-12-18(16)21(15-5-2,22(20)3)19-13-9-7-11-17(19)20/h6-13H,4-5,14-15H2,1-3H3. The molecule has 0 N–H and O–H groups in total. The van der Waals surface area contributed by atoms with Crippen LogP contribution in [-0.2, 0) is 11.1 Å². The lowest BCUT2D eigenvalue weighted by molar-refractivity contribution is 0.0948. The van der Waals surface area contributed by atoms with Crippen LogP contribution in [0, 0.1) is 0 Å². The van der Waals surface area contributed by atoms with E-state index < -0.39 is 0 Å². The topological polar surface area (TPSA) is 3.24 Å². The Balaban J connectivity index is 2.10. The third-order valence-electron chi connectivity index (χ3n) is 6.01. The van der Waals surface area contributed by atoms with Gasteiger partial charge in [-0.05, 0) is 42.1 Å². The van der Waals surface area contributed by atoms with Crippen molar-refractivity contribution in [2.24, 2.45) is 0 Å². The molecule has 1 nitrogen and oxygen atoms in total. The van der Waals surface area contributed by atoms with E-state index in [4.69, 9.17) is 0 Å². The second-order valence-electron chi connectivity index (χ2n) is 6.87. The van der Waals surface area contributed by atoms with Gasteiger partial charge in [0.05, 0.1) is 11.1 Å². The summed E-state index contributed by atoms with van der Waals surface area (Å²) in [5.41, 5.74) is 6.35. The van der Waals surface area contributed by atoms with Gasteiger partial charge in [-0.2, -0.15) is 0 Å². The fourth-order valence-corrected chi connectivity index (χ4v) is 5.35. The Labute approximate surface area is 134 Å². The summed E-state index contributed by atoms with van der Waals surface area (Å²) in [6.45, 7) is 4.62. The number of benzene rings is 2. The van der Waals surface area contributed by atoms with Crippen LogP contribution in [0.2, 0.25) is 0 Å². The number of fused-ring (bicyclic) bond motifs is 8. The Bertz CT molecular complexity index is 608. The molecule has 0 atom stereocenters. The maximum Gasteiger partial charge on any atom is 0.0729 e. The fourth-order valence-electron chi connectivity index (χ4n) is 5.35. The van der Waals surface area contributed by atoms with Crippen molar-refractivity contribution in [1.82, 2.24) is 4.90 Å². The molecule has 0 saturated carbocycles. The number of hydrogen-bond acceptors (Lipinski definition) is 1. The van der Waals surface area contributed by atoms with Gasteiger partial charge in [0.2, 0.25) is 0 Å². The van der Waals surface area contributed by atoms with Crippen molar-refractivity contribution in [2.45, 2.75) is 50.6 Å². The van der Waals surface area contributed by atoms with Gasteiger partial charge in [-0.1, -0.05) is 75.2 Å². The molecule has 0 fully saturated rings. The zero-order chi connectivity index (χ0) is 15.4. The molecule has 0 amide bonds. The first-order chi connectivity index (χ1) is 10.7. The SMILES string of the molecule is CCCC12c3ccccc3C(CCC)(c3ccccc31)N2C. The molecule has 0 radical (unpaired) electrons. The van der Waals surface area contributed by atoms with Crippen LogP contribution in [0.3, 0.4) is 0 Å². The van der Waals surface area contributed by atoms with Gasteiger partial charge in [-0.3, -0.25) is 4.90 Å². The molecule has 1 heteroatoms. The minimum Gasteiger partial charge on any atom is -0.279 e.